The first-order valence-corrected chi connectivity index (χ1v) is 20.5. The molecule has 0 spiro atoms. The summed E-state index contributed by atoms with van der Waals surface area (Å²) in [4.78, 5) is 25.0. The van der Waals surface area contributed by atoms with Gasteiger partial charge in [-0.1, -0.05) is 151 Å². The predicted molar refractivity (Wildman–Crippen MR) is 214 cm³/mol. The van der Waals surface area contributed by atoms with E-state index >= 15 is 0 Å². The molecule has 0 aliphatic heterocycles. The Morgan fingerprint density at radius 3 is 1.56 bits per heavy atom. The zero-order chi connectivity index (χ0) is 36.4. The number of rotatable bonds is 36. The van der Waals surface area contributed by atoms with E-state index in [0.717, 1.165) is 96.3 Å². The molecule has 50 heavy (non-hydrogen) atoms. The molecule has 0 amide bonds. The SMILES string of the molecule is CC/C=C\C/C=C\C/C=C\C/C=C\CCCCC(=O)OCC(COCCCCCCCC)OC(=O)CCCCCCC/C=C\C/C=C\CCC. The maximum atomic E-state index is 12.6. The fraction of sp³-hybridized carbons (Fsp3) is 0.689. The third-order valence-electron chi connectivity index (χ3n) is 8.21. The zero-order valence-corrected chi connectivity index (χ0v) is 32.6. The van der Waals surface area contributed by atoms with E-state index in [0.29, 0.717) is 19.4 Å². The van der Waals surface area contributed by atoms with E-state index in [9.17, 15) is 9.59 Å². The lowest BCUT2D eigenvalue weighted by Gasteiger charge is -2.18. The van der Waals surface area contributed by atoms with Crippen molar-refractivity contribution in [3.05, 3.63) is 72.9 Å². The van der Waals surface area contributed by atoms with Gasteiger partial charge in [0, 0.05) is 19.4 Å². The fourth-order valence-corrected chi connectivity index (χ4v) is 5.18. The molecule has 286 valence electrons. The minimum atomic E-state index is -0.556. The van der Waals surface area contributed by atoms with Gasteiger partial charge in [0.1, 0.15) is 6.61 Å². The lowest BCUT2D eigenvalue weighted by atomic mass is 10.1. The highest BCUT2D eigenvalue weighted by molar-refractivity contribution is 5.70. The highest BCUT2D eigenvalue weighted by atomic mass is 16.6. The maximum Gasteiger partial charge on any atom is 0.306 e. The van der Waals surface area contributed by atoms with E-state index < -0.39 is 6.10 Å². The minimum Gasteiger partial charge on any atom is -0.462 e. The van der Waals surface area contributed by atoms with Gasteiger partial charge in [-0.05, 0) is 83.5 Å². The minimum absolute atomic E-state index is 0.0554. The van der Waals surface area contributed by atoms with Crippen LogP contribution >= 0.6 is 0 Å². The number of esters is 2. The van der Waals surface area contributed by atoms with Gasteiger partial charge < -0.3 is 14.2 Å². The van der Waals surface area contributed by atoms with Crippen LogP contribution in [-0.4, -0.2) is 37.9 Å². The molecule has 0 aromatic carbocycles. The van der Waals surface area contributed by atoms with Crippen LogP contribution < -0.4 is 0 Å². The highest BCUT2D eigenvalue weighted by Crippen LogP contribution is 2.11. The maximum absolute atomic E-state index is 12.6. The van der Waals surface area contributed by atoms with E-state index in [1.807, 2.05) is 0 Å². The summed E-state index contributed by atoms with van der Waals surface area (Å²) >= 11 is 0. The Balaban J connectivity index is 4.27. The highest BCUT2D eigenvalue weighted by Gasteiger charge is 2.17. The smallest absolute Gasteiger partial charge is 0.306 e. The summed E-state index contributed by atoms with van der Waals surface area (Å²) in [5, 5.41) is 0. The van der Waals surface area contributed by atoms with E-state index in [2.05, 4.69) is 93.7 Å². The van der Waals surface area contributed by atoms with Crippen molar-refractivity contribution in [1.82, 2.24) is 0 Å². The van der Waals surface area contributed by atoms with Crippen LogP contribution in [0.3, 0.4) is 0 Å². The van der Waals surface area contributed by atoms with Crippen molar-refractivity contribution in [3.63, 3.8) is 0 Å². The predicted octanol–water partition coefficient (Wildman–Crippen LogP) is 13.2. The molecule has 0 aromatic rings. The first-order chi connectivity index (χ1) is 24.6. The Kier molecular flexibility index (Phi) is 38.6. The van der Waals surface area contributed by atoms with Gasteiger partial charge in [-0.2, -0.15) is 0 Å². The van der Waals surface area contributed by atoms with Gasteiger partial charge in [0.15, 0.2) is 6.10 Å². The Labute approximate surface area is 308 Å². The first-order valence-electron chi connectivity index (χ1n) is 20.5. The van der Waals surface area contributed by atoms with Crippen LogP contribution in [0.5, 0.6) is 0 Å². The summed E-state index contributed by atoms with van der Waals surface area (Å²) in [6, 6.07) is 0. The molecule has 0 saturated carbocycles. The van der Waals surface area contributed by atoms with Crippen molar-refractivity contribution in [3.8, 4) is 0 Å². The van der Waals surface area contributed by atoms with Gasteiger partial charge >= 0.3 is 11.9 Å². The normalized spacial score (nSPS) is 12.9. The monoisotopic (exact) mass is 697 g/mol. The number of allylic oxidation sites excluding steroid dienone is 12. The summed E-state index contributed by atoms with van der Waals surface area (Å²) in [6.07, 6.45) is 50.5. The molecule has 5 heteroatoms. The zero-order valence-electron chi connectivity index (χ0n) is 32.6. The average molecular weight is 697 g/mol. The quantitative estimate of drug-likeness (QED) is 0.0371. The molecule has 0 heterocycles. The number of hydrogen-bond donors (Lipinski definition) is 0. The van der Waals surface area contributed by atoms with Gasteiger partial charge in [-0.25, -0.2) is 0 Å². The number of carbonyl (C=O) groups is 2. The third kappa shape index (κ3) is 38.1. The molecular weight excluding hydrogens is 620 g/mol. The molecule has 0 fully saturated rings. The second-order valence-corrected chi connectivity index (χ2v) is 13.2. The molecule has 0 aromatic heterocycles. The van der Waals surface area contributed by atoms with Gasteiger partial charge in [0.25, 0.3) is 0 Å². The standard InChI is InChI=1S/C45H76O5/c1-4-7-10-13-16-18-20-22-23-25-26-28-30-32-35-38-44(46)49-42-43(41-48-40-37-34-15-12-9-6-3)50-45(47)39-36-33-31-29-27-24-21-19-17-14-11-8-5-2/h7,10-11,14,16,18-19,21-23,26,28,43H,4-6,8-9,12-13,15,17,20,24-25,27,29-42H2,1-3H3/b10-7-,14-11-,18-16-,21-19-,23-22-,28-26-. The Bertz CT molecular complexity index is 926. The van der Waals surface area contributed by atoms with Gasteiger partial charge in [-0.15, -0.1) is 0 Å². The number of carbonyl (C=O) groups excluding carboxylic acids is 2. The van der Waals surface area contributed by atoms with Crippen LogP contribution in [0.1, 0.15) is 175 Å². The molecule has 1 atom stereocenters. The van der Waals surface area contributed by atoms with Crippen LogP contribution in [0, 0.1) is 0 Å². The van der Waals surface area contributed by atoms with Crippen molar-refractivity contribution in [1.29, 1.82) is 0 Å². The molecular formula is C45H76O5. The van der Waals surface area contributed by atoms with Gasteiger partial charge in [-0.3, -0.25) is 9.59 Å². The Morgan fingerprint density at radius 1 is 0.460 bits per heavy atom. The van der Waals surface area contributed by atoms with E-state index in [4.69, 9.17) is 14.2 Å². The molecule has 0 saturated heterocycles. The molecule has 0 rings (SSSR count). The van der Waals surface area contributed by atoms with Crippen LogP contribution in [0.25, 0.3) is 0 Å². The molecule has 1 unspecified atom stereocenters. The van der Waals surface area contributed by atoms with Crippen molar-refractivity contribution < 1.29 is 23.8 Å². The first kappa shape index (κ1) is 47.3. The summed E-state index contributed by atoms with van der Waals surface area (Å²) in [5.41, 5.74) is 0. The summed E-state index contributed by atoms with van der Waals surface area (Å²) in [7, 11) is 0. The third-order valence-corrected chi connectivity index (χ3v) is 8.21. The van der Waals surface area contributed by atoms with E-state index in [-0.39, 0.29) is 25.2 Å². The number of ether oxygens (including phenoxy) is 3. The molecule has 0 aliphatic rings. The number of hydrogen-bond acceptors (Lipinski definition) is 5. The van der Waals surface area contributed by atoms with Crippen molar-refractivity contribution in [2.45, 2.75) is 181 Å². The van der Waals surface area contributed by atoms with Crippen LogP contribution in [-0.2, 0) is 23.8 Å². The second-order valence-electron chi connectivity index (χ2n) is 13.2. The summed E-state index contributed by atoms with van der Waals surface area (Å²) in [5.74, 6) is -0.471. The van der Waals surface area contributed by atoms with Crippen LogP contribution in [0.4, 0.5) is 0 Å². The van der Waals surface area contributed by atoms with Crippen molar-refractivity contribution in [2.24, 2.45) is 0 Å². The summed E-state index contributed by atoms with van der Waals surface area (Å²) < 4.78 is 17.1. The van der Waals surface area contributed by atoms with Crippen LogP contribution in [0.15, 0.2) is 72.9 Å². The molecule has 0 bridgehead atoms. The molecule has 0 radical (unpaired) electrons. The molecule has 0 N–H and O–H groups in total. The molecule has 0 aliphatic carbocycles. The molecule has 5 nitrogen and oxygen atoms in total. The van der Waals surface area contributed by atoms with Crippen LogP contribution in [0.2, 0.25) is 0 Å². The van der Waals surface area contributed by atoms with E-state index in [1.165, 1.54) is 44.9 Å². The Hall–Kier alpha value is -2.66. The largest absolute Gasteiger partial charge is 0.462 e. The lowest BCUT2D eigenvalue weighted by molar-refractivity contribution is -0.163. The van der Waals surface area contributed by atoms with E-state index in [1.54, 1.807) is 0 Å². The summed E-state index contributed by atoms with van der Waals surface area (Å²) in [6.45, 7) is 7.53. The topological polar surface area (TPSA) is 61.8 Å². The average Bonchev–Trinajstić information content (AvgIpc) is 3.11. The van der Waals surface area contributed by atoms with Crippen molar-refractivity contribution in [2.75, 3.05) is 19.8 Å². The van der Waals surface area contributed by atoms with Gasteiger partial charge in [0.2, 0.25) is 0 Å². The lowest BCUT2D eigenvalue weighted by Crippen LogP contribution is -2.30. The Morgan fingerprint density at radius 2 is 0.940 bits per heavy atom. The second kappa shape index (κ2) is 40.8. The fourth-order valence-electron chi connectivity index (χ4n) is 5.18. The number of unbranched alkanes of at least 4 members (excludes halogenated alkanes) is 13. The van der Waals surface area contributed by atoms with Crippen molar-refractivity contribution >= 4 is 11.9 Å². The van der Waals surface area contributed by atoms with Gasteiger partial charge in [0.05, 0.1) is 6.61 Å².